The number of rotatable bonds is 2. The summed E-state index contributed by atoms with van der Waals surface area (Å²) in [6.07, 6.45) is 2.26. The van der Waals surface area contributed by atoms with Crippen LogP contribution in [0.25, 0.3) is 0 Å². The van der Waals surface area contributed by atoms with Gasteiger partial charge in [0.25, 0.3) is 0 Å². The van der Waals surface area contributed by atoms with E-state index in [2.05, 4.69) is 10.6 Å². The summed E-state index contributed by atoms with van der Waals surface area (Å²) in [4.78, 5) is 13.5. The minimum Gasteiger partial charge on any atom is -0.336 e. The Morgan fingerprint density at radius 3 is 2.67 bits per heavy atom. The molecule has 0 aromatic heterocycles. The van der Waals surface area contributed by atoms with Gasteiger partial charge in [-0.15, -0.1) is 12.4 Å². The molecule has 0 unspecified atom stereocenters. The first-order valence-electron chi connectivity index (χ1n) is 5.35. The van der Waals surface area contributed by atoms with E-state index in [1.54, 1.807) is 0 Å². The summed E-state index contributed by atoms with van der Waals surface area (Å²) in [6, 6.07) is 0.595. The summed E-state index contributed by atoms with van der Waals surface area (Å²) < 4.78 is 0. The van der Waals surface area contributed by atoms with E-state index in [4.69, 9.17) is 0 Å². The van der Waals surface area contributed by atoms with E-state index in [0.717, 1.165) is 25.9 Å². The zero-order valence-corrected chi connectivity index (χ0v) is 10.6. The Balaban J connectivity index is 0.00000196. The second kappa shape index (κ2) is 6.90. The summed E-state index contributed by atoms with van der Waals surface area (Å²) in [5, 5.41) is 6.20. The molecule has 2 amide bonds. The molecule has 1 atom stereocenters. The molecule has 4 nitrogen and oxygen atoms in total. The number of hydrogen-bond donors (Lipinski definition) is 2. The molecule has 15 heavy (non-hydrogen) atoms. The molecule has 2 N–H and O–H groups in total. The fourth-order valence-corrected chi connectivity index (χ4v) is 1.68. The van der Waals surface area contributed by atoms with E-state index in [9.17, 15) is 4.79 Å². The minimum absolute atomic E-state index is 0. The van der Waals surface area contributed by atoms with Crippen molar-refractivity contribution < 1.29 is 4.79 Å². The molecule has 5 heteroatoms. The number of carbonyl (C=O) groups excluding carboxylic acids is 1. The summed E-state index contributed by atoms with van der Waals surface area (Å²) in [6.45, 7) is 5.95. The molecule has 0 bridgehead atoms. The lowest BCUT2D eigenvalue weighted by Gasteiger charge is -2.32. The molecule has 1 aliphatic heterocycles. The molecule has 0 aromatic carbocycles. The van der Waals surface area contributed by atoms with E-state index >= 15 is 0 Å². The zero-order valence-electron chi connectivity index (χ0n) is 9.75. The van der Waals surface area contributed by atoms with Gasteiger partial charge in [0.1, 0.15) is 0 Å². The maximum Gasteiger partial charge on any atom is 0.317 e. The summed E-state index contributed by atoms with van der Waals surface area (Å²) >= 11 is 0. The van der Waals surface area contributed by atoms with Gasteiger partial charge < -0.3 is 15.5 Å². The molecule has 1 fully saturated rings. The number of nitrogens with one attached hydrogen (secondary N) is 2. The van der Waals surface area contributed by atoms with Gasteiger partial charge >= 0.3 is 6.03 Å². The van der Waals surface area contributed by atoms with Crippen molar-refractivity contribution in [1.82, 2.24) is 15.5 Å². The number of amides is 2. The highest BCUT2D eigenvalue weighted by Crippen LogP contribution is 2.08. The van der Waals surface area contributed by atoms with E-state index in [0.29, 0.717) is 6.04 Å². The van der Waals surface area contributed by atoms with Crippen LogP contribution in [0.1, 0.15) is 26.7 Å². The molecule has 0 aromatic rings. The van der Waals surface area contributed by atoms with Gasteiger partial charge in [0.05, 0.1) is 0 Å². The lowest BCUT2D eigenvalue weighted by atomic mass is 10.1. The Morgan fingerprint density at radius 1 is 1.53 bits per heavy atom. The molecular weight excluding hydrogens is 214 g/mol. The van der Waals surface area contributed by atoms with Gasteiger partial charge in [-0.05, 0) is 33.2 Å². The molecule has 0 radical (unpaired) electrons. The van der Waals surface area contributed by atoms with Crippen LogP contribution in [0.4, 0.5) is 4.79 Å². The molecule has 1 aliphatic rings. The summed E-state index contributed by atoms with van der Waals surface area (Å²) in [5.41, 5.74) is 0. The summed E-state index contributed by atoms with van der Waals surface area (Å²) in [7, 11) is 1.87. The maximum absolute atomic E-state index is 11.6. The van der Waals surface area contributed by atoms with Gasteiger partial charge in [-0.25, -0.2) is 4.79 Å². The fraction of sp³-hybridized carbons (Fsp3) is 0.900. The van der Waals surface area contributed by atoms with E-state index in [1.165, 1.54) is 0 Å². The van der Waals surface area contributed by atoms with Crippen LogP contribution in [0.3, 0.4) is 0 Å². The van der Waals surface area contributed by atoms with E-state index in [1.807, 2.05) is 25.8 Å². The number of carbonyl (C=O) groups is 1. The third kappa shape index (κ3) is 4.71. The van der Waals surface area contributed by atoms with Gasteiger partial charge in [-0.3, -0.25) is 0 Å². The van der Waals surface area contributed by atoms with Crippen LogP contribution in [-0.2, 0) is 0 Å². The van der Waals surface area contributed by atoms with Gasteiger partial charge in [0.15, 0.2) is 0 Å². The van der Waals surface area contributed by atoms with Crippen molar-refractivity contribution in [1.29, 1.82) is 0 Å². The van der Waals surface area contributed by atoms with Crippen molar-refractivity contribution in [2.24, 2.45) is 0 Å². The third-order valence-corrected chi connectivity index (χ3v) is 2.55. The Morgan fingerprint density at radius 2 is 2.20 bits per heavy atom. The highest BCUT2D eigenvalue weighted by Gasteiger charge is 2.21. The topological polar surface area (TPSA) is 44.4 Å². The van der Waals surface area contributed by atoms with Gasteiger partial charge in [-0.1, -0.05) is 0 Å². The molecular formula is C10H22ClN3O. The first kappa shape index (κ1) is 14.5. The van der Waals surface area contributed by atoms with Crippen LogP contribution in [0.5, 0.6) is 0 Å². The summed E-state index contributed by atoms with van der Waals surface area (Å²) in [5.74, 6) is 0. The van der Waals surface area contributed by atoms with Crippen LogP contribution < -0.4 is 10.6 Å². The average Bonchev–Trinajstić information content (AvgIpc) is 2.17. The Kier molecular flexibility index (Phi) is 6.68. The van der Waals surface area contributed by atoms with Crippen molar-refractivity contribution in [3.8, 4) is 0 Å². The largest absolute Gasteiger partial charge is 0.336 e. The second-order valence-electron chi connectivity index (χ2n) is 4.22. The van der Waals surface area contributed by atoms with Crippen LogP contribution in [0.15, 0.2) is 0 Å². The smallest absolute Gasteiger partial charge is 0.317 e. The van der Waals surface area contributed by atoms with Gasteiger partial charge in [0, 0.05) is 25.7 Å². The van der Waals surface area contributed by atoms with Crippen LogP contribution in [0, 0.1) is 0 Å². The molecule has 0 spiro atoms. The molecule has 1 heterocycles. The standard InChI is InChI=1S/C10H21N3O.ClH/c1-8(2)12-10(14)13(3)9-5-4-6-11-7-9;/h8-9,11H,4-7H2,1-3H3,(H,12,14);1H/t9-;/m0./s1. The number of halogens is 1. The number of piperidine rings is 1. The maximum atomic E-state index is 11.6. The SMILES string of the molecule is CC(C)NC(=O)N(C)[C@H]1CCCNC1.Cl. The Bertz CT molecular complexity index is 193. The highest BCUT2D eigenvalue weighted by atomic mass is 35.5. The van der Waals surface area contributed by atoms with E-state index < -0.39 is 0 Å². The van der Waals surface area contributed by atoms with Crippen molar-refractivity contribution in [2.45, 2.75) is 38.8 Å². The molecule has 0 saturated carbocycles. The average molecular weight is 236 g/mol. The lowest BCUT2D eigenvalue weighted by Crippen LogP contribution is -2.51. The lowest BCUT2D eigenvalue weighted by molar-refractivity contribution is 0.176. The predicted octanol–water partition coefficient (Wildman–Crippen LogP) is 1.21. The number of likely N-dealkylation sites (N-methyl/N-ethyl adjacent to an activating group) is 1. The normalized spacial score (nSPS) is 20.7. The predicted molar refractivity (Wildman–Crippen MR) is 64.6 cm³/mol. The molecule has 90 valence electrons. The van der Waals surface area contributed by atoms with Crippen molar-refractivity contribution in [2.75, 3.05) is 20.1 Å². The van der Waals surface area contributed by atoms with Gasteiger partial charge in [0.2, 0.25) is 0 Å². The Hall–Kier alpha value is -0.480. The molecule has 0 aliphatic carbocycles. The van der Waals surface area contributed by atoms with Crippen LogP contribution >= 0.6 is 12.4 Å². The number of urea groups is 1. The zero-order chi connectivity index (χ0) is 10.6. The van der Waals surface area contributed by atoms with Crippen molar-refractivity contribution >= 4 is 18.4 Å². The van der Waals surface area contributed by atoms with Crippen molar-refractivity contribution in [3.05, 3.63) is 0 Å². The van der Waals surface area contributed by atoms with E-state index in [-0.39, 0.29) is 24.5 Å². The van der Waals surface area contributed by atoms with Gasteiger partial charge in [-0.2, -0.15) is 0 Å². The quantitative estimate of drug-likeness (QED) is 0.756. The van der Waals surface area contributed by atoms with Crippen molar-refractivity contribution in [3.63, 3.8) is 0 Å². The highest BCUT2D eigenvalue weighted by molar-refractivity contribution is 5.85. The fourth-order valence-electron chi connectivity index (χ4n) is 1.68. The Labute approximate surface area is 98.2 Å². The molecule has 1 saturated heterocycles. The second-order valence-corrected chi connectivity index (χ2v) is 4.22. The third-order valence-electron chi connectivity index (χ3n) is 2.55. The number of hydrogen-bond acceptors (Lipinski definition) is 2. The number of nitrogens with zero attached hydrogens (tertiary/aromatic N) is 1. The minimum atomic E-state index is 0. The van der Waals surface area contributed by atoms with Crippen LogP contribution in [0.2, 0.25) is 0 Å². The molecule has 1 rings (SSSR count). The monoisotopic (exact) mass is 235 g/mol. The first-order chi connectivity index (χ1) is 6.61. The van der Waals surface area contributed by atoms with Crippen LogP contribution in [-0.4, -0.2) is 43.2 Å². The first-order valence-corrected chi connectivity index (χ1v) is 5.35.